The molecule has 1 aliphatic heterocycles. The van der Waals surface area contributed by atoms with Gasteiger partial charge in [-0.15, -0.1) is 0 Å². The molecule has 1 aromatic heterocycles. The highest BCUT2D eigenvalue weighted by Gasteiger charge is 2.24. The third kappa shape index (κ3) is 1.44. The van der Waals surface area contributed by atoms with E-state index in [4.69, 9.17) is 21.4 Å². The number of hydrogen-bond donors (Lipinski definition) is 3. The Morgan fingerprint density at radius 1 is 1.71 bits per heavy atom. The maximum atomic E-state index is 8.83. The van der Waals surface area contributed by atoms with Crippen molar-refractivity contribution < 1.29 is 9.84 Å². The van der Waals surface area contributed by atoms with Crippen molar-refractivity contribution in [2.75, 3.05) is 6.61 Å². The lowest BCUT2D eigenvalue weighted by molar-refractivity contribution is 0.149. The second kappa shape index (κ2) is 3.51. The number of H-pyrrole nitrogens is 1. The summed E-state index contributed by atoms with van der Waals surface area (Å²) in [5.41, 5.74) is 2.01. The first-order valence-electron chi connectivity index (χ1n) is 4.14. The lowest BCUT2D eigenvalue weighted by atomic mass is 10.3. The Labute approximate surface area is 85.7 Å². The zero-order valence-electron chi connectivity index (χ0n) is 7.54. The molecule has 5 nitrogen and oxygen atoms in total. The average molecular weight is 216 g/mol. The molecule has 1 aromatic rings. The highest BCUT2D eigenvalue weighted by molar-refractivity contribution is 6.31. The summed E-state index contributed by atoms with van der Waals surface area (Å²) in [4.78, 5) is 0. The molecular formula is C8H10ClN3O2. The van der Waals surface area contributed by atoms with Crippen LogP contribution >= 0.6 is 11.6 Å². The second-order valence-electron chi connectivity index (χ2n) is 3.01. The van der Waals surface area contributed by atoms with Crippen molar-refractivity contribution in [1.82, 2.24) is 15.5 Å². The summed E-state index contributed by atoms with van der Waals surface area (Å²) in [6.07, 6.45) is 1.06. The number of nitrogens with one attached hydrogen (secondary N) is 2. The Balaban J connectivity index is 2.16. The molecule has 6 heteroatoms. The second-order valence-corrected chi connectivity index (χ2v) is 3.39. The number of halogens is 1. The maximum absolute atomic E-state index is 8.83. The molecule has 2 heterocycles. The Morgan fingerprint density at radius 2 is 2.50 bits per heavy atom. The van der Waals surface area contributed by atoms with Crippen molar-refractivity contribution in [1.29, 1.82) is 0 Å². The Kier molecular flexibility index (Phi) is 2.35. The van der Waals surface area contributed by atoms with Gasteiger partial charge < -0.3 is 15.2 Å². The van der Waals surface area contributed by atoms with E-state index in [9.17, 15) is 0 Å². The summed E-state index contributed by atoms with van der Waals surface area (Å²) in [6.45, 7) is 1.74. The van der Waals surface area contributed by atoms with Crippen molar-refractivity contribution in [3.05, 3.63) is 28.4 Å². The van der Waals surface area contributed by atoms with Gasteiger partial charge in [-0.3, -0.25) is 5.10 Å². The molecule has 1 unspecified atom stereocenters. The number of hydrogen-bond acceptors (Lipinski definition) is 4. The summed E-state index contributed by atoms with van der Waals surface area (Å²) in [7, 11) is 0. The molecule has 0 spiro atoms. The Hall–Kier alpha value is -1.20. The highest BCUT2D eigenvalue weighted by Crippen LogP contribution is 2.27. The number of ether oxygens (including phenoxy) is 1. The molecule has 0 amide bonds. The van der Waals surface area contributed by atoms with Gasteiger partial charge in [-0.05, 0) is 6.92 Å². The average Bonchev–Trinajstić information content (AvgIpc) is 2.75. The molecule has 76 valence electrons. The SMILES string of the molecule is Cc1[nH]nc(C2NC(CO)=CO2)c1Cl. The fourth-order valence-corrected chi connectivity index (χ4v) is 1.39. The normalized spacial score (nSPS) is 20.2. The van der Waals surface area contributed by atoms with Gasteiger partial charge >= 0.3 is 0 Å². The molecule has 0 saturated carbocycles. The largest absolute Gasteiger partial charge is 0.470 e. The van der Waals surface area contributed by atoms with Gasteiger partial charge in [0.25, 0.3) is 0 Å². The lowest BCUT2D eigenvalue weighted by Crippen LogP contribution is -2.18. The van der Waals surface area contributed by atoms with Crippen LogP contribution in [0.1, 0.15) is 17.6 Å². The van der Waals surface area contributed by atoms with Crippen LogP contribution in [0.5, 0.6) is 0 Å². The van der Waals surface area contributed by atoms with E-state index in [2.05, 4.69) is 15.5 Å². The molecular weight excluding hydrogens is 206 g/mol. The van der Waals surface area contributed by atoms with E-state index >= 15 is 0 Å². The van der Waals surface area contributed by atoms with E-state index in [1.807, 2.05) is 6.92 Å². The van der Waals surface area contributed by atoms with Gasteiger partial charge in [0.15, 0.2) is 0 Å². The fourth-order valence-electron chi connectivity index (χ4n) is 1.21. The van der Waals surface area contributed by atoms with Crippen LogP contribution in [0.25, 0.3) is 0 Å². The number of aliphatic hydroxyl groups is 1. The summed E-state index contributed by atoms with van der Waals surface area (Å²) < 4.78 is 5.24. The third-order valence-corrected chi connectivity index (χ3v) is 2.46. The van der Waals surface area contributed by atoms with Crippen molar-refractivity contribution in [3.63, 3.8) is 0 Å². The van der Waals surface area contributed by atoms with E-state index in [0.29, 0.717) is 16.4 Å². The van der Waals surface area contributed by atoms with Crippen LogP contribution in [0.15, 0.2) is 12.0 Å². The Morgan fingerprint density at radius 3 is 3.00 bits per heavy atom. The smallest absolute Gasteiger partial charge is 0.215 e. The summed E-state index contributed by atoms with van der Waals surface area (Å²) in [5, 5.41) is 19.1. The van der Waals surface area contributed by atoms with Crippen LogP contribution in [0.3, 0.4) is 0 Å². The molecule has 0 aliphatic carbocycles. The van der Waals surface area contributed by atoms with Crippen LogP contribution in [0, 0.1) is 6.92 Å². The predicted molar refractivity (Wildman–Crippen MR) is 50.5 cm³/mol. The van der Waals surface area contributed by atoms with Crippen LogP contribution in [-0.4, -0.2) is 21.9 Å². The first-order chi connectivity index (χ1) is 6.72. The van der Waals surface area contributed by atoms with Gasteiger partial charge in [0, 0.05) is 0 Å². The van der Waals surface area contributed by atoms with Crippen molar-refractivity contribution in [2.45, 2.75) is 13.2 Å². The van der Waals surface area contributed by atoms with Gasteiger partial charge in [0.2, 0.25) is 6.23 Å². The highest BCUT2D eigenvalue weighted by atomic mass is 35.5. The number of nitrogens with zero attached hydrogens (tertiary/aromatic N) is 1. The number of aryl methyl sites for hydroxylation is 1. The molecule has 0 saturated heterocycles. The number of aromatic nitrogens is 2. The third-order valence-electron chi connectivity index (χ3n) is 1.98. The topological polar surface area (TPSA) is 70.2 Å². The zero-order valence-corrected chi connectivity index (χ0v) is 8.30. The minimum absolute atomic E-state index is 0.0858. The van der Waals surface area contributed by atoms with Crippen molar-refractivity contribution in [3.8, 4) is 0 Å². The fraction of sp³-hybridized carbons (Fsp3) is 0.375. The summed E-state index contributed by atoms with van der Waals surface area (Å²) in [5.74, 6) is 0. The van der Waals surface area contributed by atoms with E-state index in [1.54, 1.807) is 0 Å². The molecule has 0 bridgehead atoms. The maximum Gasteiger partial charge on any atom is 0.215 e. The van der Waals surface area contributed by atoms with Gasteiger partial charge in [0.05, 0.1) is 23.0 Å². The molecule has 0 fully saturated rings. The van der Waals surface area contributed by atoms with Crippen LogP contribution in [-0.2, 0) is 4.74 Å². The van der Waals surface area contributed by atoms with Crippen LogP contribution < -0.4 is 5.32 Å². The zero-order chi connectivity index (χ0) is 10.1. The summed E-state index contributed by atoms with van der Waals surface area (Å²) >= 11 is 5.98. The predicted octanol–water partition coefficient (Wildman–Crippen LogP) is 0.824. The lowest BCUT2D eigenvalue weighted by Gasteiger charge is -2.09. The van der Waals surface area contributed by atoms with Crippen molar-refractivity contribution >= 4 is 11.6 Å². The number of rotatable bonds is 2. The monoisotopic (exact) mass is 215 g/mol. The minimum atomic E-state index is -0.408. The molecule has 3 N–H and O–H groups in total. The molecule has 1 aliphatic rings. The standard InChI is InChI=1S/C8H10ClN3O2/c1-4-6(9)7(12-11-4)8-10-5(2-13)3-14-8/h3,8,10,13H,2H2,1H3,(H,11,12). The van der Waals surface area contributed by atoms with Gasteiger partial charge in [-0.25, -0.2) is 0 Å². The number of aliphatic hydroxyl groups excluding tert-OH is 1. The molecule has 0 aromatic carbocycles. The molecule has 1 atom stereocenters. The van der Waals surface area contributed by atoms with Crippen LogP contribution in [0.2, 0.25) is 5.02 Å². The van der Waals surface area contributed by atoms with Gasteiger partial charge in [0.1, 0.15) is 12.0 Å². The molecule has 0 radical (unpaired) electrons. The van der Waals surface area contributed by atoms with E-state index in [-0.39, 0.29) is 6.61 Å². The Bertz CT molecular complexity index is 375. The van der Waals surface area contributed by atoms with Crippen molar-refractivity contribution in [2.24, 2.45) is 0 Å². The van der Waals surface area contributed by atoms with E-state index in [0.717, 1.165) is 5.69 Å². The molecule has 14 heavy (non-hydrogen) atoms. The van der Waals surface area contributed by atoms with Crippen LogP contribution in [0.4, 0.5) is 0 Å². The minimum Gasteiger partial charge on any atom is -0.470 e. The van der Waals surface area contributed by atoms with Gasteiger partial charge in [-0.2, -0.15) is 5.10 Å². The quantitative estimate of drug-likeness (QED) is 0.683. The number of aromatic amines is 1. The molecule has 2 rings (SSSR count). The first kappa shape index (κ1) is 9.36. The van der Waals surface area contributed by atoms with E-state index in [1.165, 1.54) is 6.26 Å². The van der Waals surface area contributed by atoms with Gasteiger partial charge in [-0.1, -0.05) is 11.6 Å². The summed E-state index contributed by atoms with van der Waals surface area (Å²) in [6, 6.07) is 0. The van der Waals surface area contributed by atoms with E-state index < -0.39 is 6.23 Å². The first-order valence-corrected chi connectivity index (χ1v) is 4.52.